The van der Waals surface area contributed by atoms with Gasteiger partial charge in [0, 0.05) is 0 Å². The van der Waals surface area contributed by atoms with Crippen molar-refractivity contribution >= 4 is 5.97 Å². The summed E-state index contributed by atoms with van der Waals surface area (Å²) in [5.41, 5.74) is 3.20. The van der Waals surface area contributed by atoms with Gasteiger partial charge in [0.05, 0.1) is 19.6 Å². The molecule has 19 heavy (non-hydrogen) atoms. The van der Waals surface area contributed by atoms with Crippen LogP contribution in [-0.4, -0.2) is 19.2 Å². The summed E-state index contributed by atoms with van der Waals surface area (Å²) in [6.45, 7) is 10.3. The number of rotatable bonds is 5. The van der Waals surface area contributed by atoms with E-state index >= 15 is 0 Å². The van der Waals surface area contributed by atoms with Crippen LogP contribution in [0.4, 0.5) is 0 Å². The number of carbonyl (C=O) groups excluding carboxylic acids is 1. The molecule has 0 atom stereocenters. The van der Waals surface area contributed by atoms with Crippen molar-refractivity contribution in [2.45, 2.75) is 53.1 Å². The molecule has 0 N–H and O–H groups in total. The third-order valence-corrected chi connectivity index (χ3v) is 3.02. The van der Waals surface area contributed by atoms with Gasteiger partial charge in [0.1, 0.15) is 5.75 Å². The Morgan fingerprint density at radius 3 is 2.32 bits per heavy atom. The zero-order valence-electron chi connectivity index (χ0n) is 12.7. The lowest BCUT2D eigenvalue weighted by Crippen LogP contribution is -2.11. The number of aryl methyl sites for hydroxylation is 1. The molecule has 0 radical (unpaired) electrons. The van der Waals surface area contributed by atoms with E-state index in [1.165, 1.54) is 7.11 Å². The maximum atomic E-state index is 11.4. The average Bonchev–Trinajstić information content (AvgIpc) is 2.31. The minimum atomic E-state index is -0.213. The van der Waals surface area contributed by atoms with Crippen LogP contribution in [0.15, 0.2) is 12.1 Å². The fourth-order valence-corrected chi connectivity index (χ4v) is 1.97. The highest BCUT2D eigenvalue weighted by molar-refractivity contribution is 5.73. The second-order valence-electron chi connectivity index (χ2n) is 5.39. The monoisotopic (exact) mass is 264 g/mol. The predicted molar refractivity (Wildman–Crippen MR) is 76.8 cm³/mol. The molecular formula is C16H24O3. The minimum absolute atomic E-state index is 0.142. The van der Waals surface area contributed by atoms with Crippen LogP contribution in [0.25, 0.3) is 0 Å². The molecule has 106 valence electrons. The lowest BCUT2D eigenvalue weighted by molar-refractivity contribution is -0.139. The van der Waals surface area contributed by atoms with Crippen LogP contribution < -0.4 is 4.74 Å². The quantitative estimate of drug-likeness (QED) is 0.762. The van der Waals surface area contributed by atoms with Crippen molar-refractivity contribution in [2.24, 2.45) is 0 Å². The summed E-state index contributed by atoms with van der Waals surface area (Å²) < 4.78 is 10.6. The molecule has 3 nitrogen and oxygen atoms in total. The molecule has 0 bridgehead atoms. The Hall–Kier alpha value is -1.51. The van der Waals surface area contributed by atoms with Crippen molar-refractivity contribution in [2.75, 3.05) is 7.11 Å². The van der Waals surface area contributed by atoms with Crippen molar-refractivity contribution in [1.29, 1.82) is 0 Å². The van der Waals surface area contributed by atoms with E-state index in [0.29, 0.717) is 12.3 Å². The van der Waals surface area contributed by atoms with E-state index in [9.17, 15) is 4.79 Å². The van der Waals surface area contributed by atoms with E-state index in [1.807, 2.05) is 26.8 Å². The Morgan fingerprint density at radius 1 is 1.21 bits per heavy atom. The molecule has 0 unspecified atom stereocenters. The standard InChI is InChI=1S/C16H24O3/c1-10(2)14-8-13(9-16(17)18-6)12(5)7-15(14)19-11(3)4/h7-8,10-11H,9H2,1-6H3. The highest BCUT2D eigenvalue weighted by atomic mass is 16.5. The van der Waals surface area contributed by atoms with Gasteiger partial charge in [-0.25, -0.2) is 0 Å². The van der Waals surface area contributed by atoms with Crippen molar-refractivity contribution in [3.63, 3.8) is 0 Å². The highest BCUT2D eigenvalue weighted by Gasteiger charge is 2.14. The Labute approximate surface area is 115 Å². The fourth-order valence-electron chi connectivity index (χ4n) is 1.97. The second kappa shape index (κ2) is 6.60. The van der Waals surface area contributed by atoms with Gasteiger partial charge in [-0.3, -0.25) is 4.79 Å². The molecule has 0 saturated carbocycles. The summed E-state index contributed by atoms with van der Waals surface area (Å²) in [6.07, 6.45) is 0.452. The van der Waals surface area contributed by atoms with Crippen LogP contribution in [0.2, 0.25) is 0 Å². The van der Waals surface area contributed by atoms with Gasteiger partial charge in [0.2, 0.25) is 0 Å². The van der Waals surface area contributed by atoms with Gasteiger partial charge in [-0.15, -0.1) is 0 Å². The normalized spacial score (nSPS) is 10.9. The summed E-state index contributed by atoms with van der Waals surface area (Å²) in [4.78, 5) is 11.4. The third kappa shape index (κ3) is 4.27. The molecule has 0 aliphatic rings. The number of carbonyl (C=O) groups is 1. The van der Waals surface area contributed by atoms with Crippen LogP contribution in [0.5, 0.6) is 5.75 Å². The summed E-state index contributed by atoms with van der Waals surface area (Å²) in [7, 11) is 1.41. The van der Waals surface area contributed by atoms with E-state index in [1.54, 1.807) is 0 Å². The number of ether oxygens (including phenoxy) is 2. The molecule has 0 aliphatic heterocycles. The first kappa shape index (κ1) is 15.5. The van der Waals surface area contributed by atoms with Gasteiger partial charge in [0.25, 0.3) is 0 Å². The zero-order chi connectivity index (χ0) is 14.6. The topological polar surface area (TPSA) is 35.5 Å². The molecule has 1 aromatic carbocycles. The lowest BCUT2D eigenvalue weighted by atomic mass is 9.95. The zero-order valence-corrected chi connectivity index (χ0v) is 12.7. The molecular weight excluding hydrogens is 240 g/mol. The molecule has 0 saturated heterocycles. The van der Waals surface area contributed by atoms with E-state index in [4.69, 9.17) is 9.47 Å². The van der Waals surface area contributed by atoms with Crippen molar-refractivity contribution in [1.82, 2.24) is 0 Å². The van der Waals surface area contributed by atoms with Crippen molar-refractivity contribution in [3.8, 4) is 5.75 Å². The molecule has 1 rings (SSSR count). The summed E-state index contributed by atoms with van der Waals surface area (Å²) in [6, 6.07) is 4.09. The first-order valence-corrected chi connectivity index (χ1v) is 6.72. The molecule has 3 heteroatoms. The van der Waals surface area contributed by atoms with Gasteiger partial charge >= 0.3 is 5.97 Å². The molecule has 0 fully saturated rings. The number of methoxy groups -OCH3 is 1. The first-order valence-electron chi connectivity index (χ1n) is 6.72. The summed E-state index contributed by atoms with van der Waals surface area (Å²) >= 11 is 0. The first-order chi connectivity index (χ1) is 8.85. The SMILES string of the molecule is COC(=O)Cc1cc(C(C)C)c(OC(C)C)cc1C. The van der Waals surface area contributed by atoms with Gasteiger partial charge < -0.3 is 9.47 Å². The molecule has 0 aromatic heterocycles. The van der Waals surface area contributed by atoms with Crippen LogP contribution >= 0.6 is 0 Å². The summed E-state index contributed by atoms with van der Waals surface area (Å²) in [5, 5.41) is 0. The van der Waals surface area contributed by atoms with Crippen molar-refractivity contribution in [3.05, 3.63) is 28.8 Å². The van der Waals surface area contributed by atoms with Gasteiger partial charge in [-0.1, -0.05) is 19.9 Å². The Balaban J connectivity index is 3.16. The Bertz CT molecular complexity index is 448. The lowest BCUT2D eigenvalue weighted by Gasteiger charge is -2.19. The highest BCUT2D eigenvalue weighted by Crippen LogP contribution is 2.30. The van der Waals surface area contributed by atoms with Crippen LogP contribution in [0.1, 0.15) is 50.3 Å². The van der Waals surface area contributed by atoms with Gasteiger partial charge in [0.15, 0.2) is 0 Å². The maximum Gasteiger partial charge on any atom is 0.309 e. The van der Waals surface area contributed by atoms with Crippen molar-refractivity contribution < 1.29 is 14.3 Å². The second-order valence-corrected chi connectivity index (χ2v) is 5.39. The number of hydrogen-bond donors (Lipinski definition) is 0. The van der Waals surface area contributed by atoms with E-state index < -0.39 is 0 Å². The molecule has 0 heterocycles. The number of hydrogen-bond acceptors (Lipinski definition) is 3. The third-order valence-electron chi connectivity index (χ3n) is 3.02. The minimum Gasteiger partial charge on any atom is -0.491 e. The van der Waals surface area contributed by atoms with E-state index in [0.717, 1.165) is 22.4 Å². The van der Waals surface area contributed by atoms with E-state index in [-0.39, 0.29) is 12.1 Å². The van der Waals surface area contributed by atoms with E-state index in [2.05, 4.69) is 19.9 Å². The van der Waals surface area contributed by atoms with Gasteiger partial charge in [-0.2, -0.15) is 0 Å². The molecule has 1 aromatic rings. The fraction of sp³-hybridized carbons (Fsp3) is 0.562. The molecule has 0 amide bonds. The maximum absolute atomic E-state index is 11.4. The molecule has 0 aliphatic carbocycles. The predicted octanol–water partition coefficient (Wildman–Crippen LogP) is 3.62. The van der Waals surface area contributed by atoms with Crippen LogP contribution in [0, 0.1) is 6.92 Å². The van der Waals surface area contributed by atoms with Gasteiger partial charge in [-0.05, 0) is 49.4 Å². The Kier molecular flexibility index (Phi) is 5.40. The average molecular weight is 264 g/mol. The largest absolute Gasteiger partial charge is 0.491 e. The number of esters is 1. The van der Waals surface area contributed by atoms with Crippen LogP contribution in [0.3, 0.4) is 0 Å². The number of benzene rings is 1. The van der Waals surface area contributed by atoms with Crippen LogP contribution in [-0.2, 0) is 16.0 Å². The Morgan fingerprint density at radius 2 is 1.84 bits per heavy atom. The molecule has 0 spiro atoms. The smallest absolute Gasteiger partial charge is 0.309 e. The summed E-state index contributed by atoms with van der Waals surface area (Å²) in [5.74, 6) is 1.05.